The fourth-order valence-electron chi connectivity index (χ4n) is 4.02. The molecule has 0 saturated heterocycles. The lowest BCUT2D eigenvalue weighted by Gasteiger charge is -2.45. The molecule has 0 bridgehead atoms. The molecule has 0 spiro atoms. The van der Waals surface area contributed by atoms with Gasteiger partial charge in [-0.25, -0.2) is 10.1 Å². The van der Waals surface area contributed by atoms with Crippen LogP contribution in [0, 0.1) is 0 Å². The predicted octanol–water partition coefficient (Wildman–Crippen LogP) is 1.85. The van der Waals surface area contributed by atoms with Crippen LogP contribution in [0.4, 0.5) is 0 Å². The van der Waals surface area contributed by atoms with E-state index >= 15 is 0 Å². The fraction of sp³-hybridized carbons (Fsp3) is 0.867. The van der Waals surface area contributed by atoms with Crippen molar-refractivity contribution in [2.45, 2.75) is 71.0 Å². The lowest BCUT2D eigenvalue weighted by Crippen LogP contribution is -2.56. The van der Waals surface area contributed by atoms with E-state index in [0.717, 1.165) is 31.7 Å². The summed E-state index contributed by atoms with van der Waals surface area (Å²) in [7, 11) is 0. The maximum absolute atomic E-state index is 6.00. The smallest absolute Gasteiger partial charge is 0.0828 e. The van der Waals surface area contributed by atoms with Crippen LogP contribution >= 0.6 is 0 Å². The van der Waals surface area contributed by atoms with E-state index in [4.69, 9.17) is 5.84 Å². The van der Waals surface area contributed by atoms with E-state index in [0.29, 0.717) is 0 Å². The average molecular weight is 294 g/mol. The first-order valence-electron chi connectivity index (χ1n) is 8.33. The largest absolute Gasteiger partial charge is 0.296 e. The van der Waals surface area contributed by atoms with Crippen molar-refractivity contribution in [3.8, 4) is 0 Å². The van der Waals surface area contributed by atoms with Crippen molar-refractivity contribution in [1.82, 2.24) is 25.3 Å². The highest BCUT2D eigenvalue weighted by molar-refractivity contribution is 5.15. The Hall–Kier alpha value is -0.980. The molecule has 2 rings (SSSR count). The molecule has 3 N–H and O–H groups in total. The molecule has 1 atom stereocenters. The van der Waals surface area contributed by atoms with Gasteiger partial charge < -0.3 is 0 Å². The molecule has 0 radical (unpaired) electrons. The van der Waals surface area contributed by atoms with Crippen molar-refractivity contribution in [1.29, 1.82) is 0 Å². The summed E-state index contributed by atoms with van der Waals surface area (Å²) in [6.07, 6.45) is 7.82. The van der Waals surface area contributed by atoms with Gasteiger partial charge in [-0.15, -0.1) is 5.10 Å². The second-order valence-electron chi connectivity index (χ2n) is 5.96. The zero-order valence-electron chi connectivity index (χ0n) is 13.7. The number of nitrogens with two attached hydrogens (primary N) is 1. The monoisotopic (exact) mass is 294 g/mol. The number of likely N-dealkylation sites (N-methyl/N-ethyl adjacent to an activating group) is 1. The summed E-state index contributed by atoms with van der Waals surface area (Å²) in [4.78, 5) is 2.56. The van der Waals surface area contributed by atoms with Crippen LogP contribution in [0.3, 0.4) is 0 Å². The number of hydrogen-bond donors (Lipinski definition) is 2. The molecular weight excluding hydrogens is 264 g/mol. The number of aryl methyl sites for hydroxylation is 1. The highest BCUT2D eigenvalue weighted by Gasteiger charge is 2.46. The summed E-state index contributed by atoms with van der Waals surface area (Å²) in [5.74, 6) is 6.00. The molecule has 6 nitrogen and oxygen atoms in total. The Morgan fingerprint density at radius 2 is 2.00 bits per heavy atom. The van der Waals surface area contributed by atoms with Gasteiger partial charge in [0.25, 0.3) is 0 Å². The molecule has 0 aliphatic heterocycles. The van der Waals surface area contributed by atoms with Crippen molar-refractivity contribution in [3.63, 3.8) is 0 Å². The first-order chi connectivity index (χ1) is 10.2. The first kappa shape index (κ1) is 16.4. The Labute approximate surface area is 128 Å². The van der Waals surface area contributed by atoms with Crippen molar-refractivity contribution in [2.75, 3.05) is 13.1 Å². The van der Waals surface area contributed by atoms with Crippen LogP contribution in [-0.4, -0.2) is 38.5 Å². The van der Waals surface area contributed by atoms with Gasteiger partial charge in [-0.1, -0.05) is 38.8 Å². The highest BCUT2D eigenvalue weighted by Crippen LogP contribution is 2.44. The molecule has 1 unspecified atom stereocenters. The Bertz CT molecular complexity index is 420. The molecule has 0 amide bonds. The van der Waals surface area contributed by atoms with Crippen LogP contribution in [0.5, 0.6) is 0 Å². The lowest BCUT2D eigenvalue weighted by atomic mass is 9.84. The molecule has 120 valence electrons. The zero-order valence-corrected chi connectivity index (χ0v) is 13.7. The summed E-state index contributed by atoms with van der Waals surface area (Å²) < 4.78 is 2.01. The Balaban J connectivity index is 2.38. The van der Waals surface area contributed by atoms with Gasteiger partial charge in [-0.3, -0.25) is 10.7 Å². The Morgan fingerprint density at radius 1 is 1.33 bits per heavy atom. The summed E-state index contributed by atoms with van der Waals surface area (Å²) in [5.41, 5.74) is 4.30. The normalized spacial score (nSPS) is 19.3. The zero-order chi connectivity index (χ0) is 15.3. The molecule has 1 fully saturated rings. The maximum Gasteiger partial charge on any atom is 0.0828 e. The van der Waals surface area contributed by atoms with Crippen LogP contribution in [0.1, 0.15) is 64.6 Å². The summed E-state index contributed by atoms with van der Waals surface area (Å²) in [5, 5.41) is 8.36. The van der Waals surface area contributed by atoms with Gasteiger partial charge in [-0.05, 0) is 32.4 Å². The predicted molar refractivity (Wildman–Crippen MR) is 84.5 cm³/mol. The molecule has 6 heteroatoms. The minimum Gasteiger partial charge on any atom is -0.296 e. The van der Waals surface area contributed by atoms with Gasteiger partial charge in [0.1, 0.15) is 0 Å². The van der Waals surface area contributed by atoms with Gasteiger partial charge in [-0.2, -0.15) is 0 Å². The number of aromatic nitrogens is 3. The Kier molecular flexibility index (Phi) is 5.72. The van der Waals surface area contributed by atoms with Gasteiger partial charge in [0, 0.05) is 12.1 Å². The standard InChI is InChI=1S/C15H30N6/c1-4-11-21-13(12-17-19-21)14(18-16)15(9-7-8-10-15)20(5-2)6-3/h12,14,18H,4-11,16H2,1-3H3. The van der Waals surface area contributed by atoms with E-state index in [2.05, 4.69) is 41.4 Å². The quantitative estimate of drug-likeness (QED) is 0.565. The lowest BCUT2D eigenvalue weighted by molar-refractivity contribution is 0.0592. The second kappa shape index (κ2) is 7.33. The topological polar surface area (TPSA) is 72.0 Å². The summed E-state index contributed by atoms with van der Waals surface area (Å²) in [6.45, 7) is 9.61. The van der Waals surface area contributed by atoms with E-state index in [1.807, 2.05) is 10.9 Å². The van der Waals surface area contributed by atoms with E-state index in [1.54, 1.807) is 0 Å². The molecule has 0 aromatic carbocycles. The highest BCUT2D eigenvalue weighted by atomic mass is 15.4. The molecule has 1 aliphatic carbocycles. The second-order valence-corrected chi connectivity index (χ2v) is 5.96. The van der Waals surface area contributed by atoms with E-state index in [9.17, 15) is 0 Å². The number of nitrogens with zero attached hydrogens (tertiary/aromatic N) is 4. The minimum absolute atomic E-state index is 0.0847. The molecule has 1 saturated carbocycles. The number of rotatable bonds is 8. The molecule has 1 aromatic heterocycles. The van der Waals surface area contributed by atoms with Gasteiger partial charge >= 0.3 is 0 Å². The van der Waals surface area contributed by atoms with Crippen molar-refractivity contribution < 1.29 is 0 Å². The number of hydrazine groups is 1. The van der Waals surface area contributed by atoms with Crippen LogP contribution in [0.2, 0.25) is 0 Å². The van der Waals surface area contributed by atoms with Gasteiger partial charge in [0.15, 0.2) is 0 Å². The van der Waals surface area contributed by atoms with Crippen molar-refractivity contribution >= 4 is 0 Å². The number of nitrogens with one attached hydrogen (secondary N) is 1. The first-order valence-corrected chi connectivity index (χ1v) is 8.33. The summed E-state index contributed by atoms with van der Waals surface area (Å²) in [6, 6.07) is 0.0847. The maximum atomic E-state index is 6.00. The van der Waals surface area contributed by atoms with Crippen LogP contribution in [0.25, 0.3) is 0 Å². The minimum atomic E-state index is 0.0847. The van der Waals surface area contributed by atoms with E-state index in [1.165, 1.54) is 25.7 Å². The third-order valence-electron chi connectivity index (χ3n) is 4.95. The molecule has 1 aromatic rings. The van der Waals surface area contributed by atoms with Gasteiger partial charge in [0.2, 0.25) is 0 Å². The van der Waals surface area contributed by atoms with Gasteiger partial charge in [0.05, 0.1) is 17.9 Å². The average Bonchev–Trinajstić information content (AvgIpc) is 3.13. The van der Waals surface area contributed by atoms with E-state index < -0.39 is 0 Å². The Morgan fingerprint density at radius 3 is 2.52 bits per heavy atom. The molecular formula is C15H30N6. The number of hydrogen-bond acceptors (Lipinski definition) is 5. The van der Waals surface area contributed by atoms with Crippen molar-refractivity contribution in [3.05, 3.63) is 11.9 Å². The molecule has 21 heavy (non-hydrogen) atoms. The molecule has 1 aliphatic rings. The third kappa shape index (κ3) is 2.98. The van der Waals surface area contributed by atoms with Crippen LogP contribution in [0.15, 0.2) is 6.20 Å². The van der Waals surface area contributed by atoms with Crippen LogP contribution < -0.4 is 11.3 Å². The van der Waals surface area contributed by atoms with Crippen molar-refractivity contribution in [2.24, 2.45) is 5.84 Å². The third-order valence-corrected chi connectivity index (χ3v) is 4.95. The summed E-state index contributed by atoms with van der Waals surface area (Å²) >= 11 is 0. The SMILES string of the molecule is CCCn1nncc1C(NN)C1(N(CC)CC)CCCC1. The molecule has 1 heterocycles. The van der Waals surface area contributed by atoms with E-state index in [-0.39, 0.29) is 11.6 Å². The fourth-order valence-corrected chi connectivity index (χ4v) is 4.02. The van der Waals surface area contributed by atoms with Crippen LogP contribution in [-0.2, 0) is 6.54 Å².